The number of aromatic nitrogens is 4. The van der Waals surface area contributed by atoms with E-state index >= 15 is 0 Å². The van der Waals surface area contributed by atoms with Gasteiger partial charge in [0.15, 0.2) is 16.8 Å². The Bertz CT molecular complexity index is 954. The highest BCUT2D eigenvalue weighted by Gasteiger charge is 2.15. The van der Waals surface area contributed by atoms with Gasteiger partial charge in [0, 0.05) is 41.4 Å². The van der Waals surface area contributed by atoms with Crippen LogP contribution in [0.3, 0.4) is 0 Å². The van der Waals surface area contributed by atoms with Gasteiger partial charge in [0.25, 0.3) is 0 Å². The van der Waals surface area contributed by atoms with Crippen molar-refractivity contribution < 1.29 is 9.53 Å². The highest BCUT2D eigenvalue weighted by atomic mass is 32.2. The molecule has 0 fully saturated rings. The number of pyridine rings is 1. The summed E-state index contributed by atoms with van der Waals surface area (Å²) < 4.78 is 7.44. The Hall–Kier alpha value is -2.93. The Morgan fingerprint density at radius 3 is 2.70 bits per heavy atom. The second-order valence-corrected chi connectivity index (χ2v) is 6.76. The van der Waals surface area contributed by atoms with E-state index in [0.717, 1.165) is 27.9 Å². The van der Waals surface area contributed by atoms with Crippen molar-refractivity contribution in [2.45, 2.75) is 24.4 Å². The van der Waals surface area contributed by atoms with E-state index in [4.69, 9.17) is 4.74 Å². The van der Waals surface area contributed by atoms with E-state index in [0.29, 0.717) is 17.9 Å². The van der Waals surface area contributed by atoms with E-state index < -0.39 is 0 Å². The number of Topliss-reactive ketones (excluding diaryl/α,β-unsaturated/α-hetero) is 1. The van der Waals surface area contributed by atoms with Crippen molar-refractivity contribution in [1.29, 1.82) is 0 Å². The summed E-state index contributed by atoms with van der Waals surface area (Å²) in [5.74, 6) is 2.15. The third-order valence-electron chi connectivity index (χ3n) is 4.01. The second kappa shape index (κ2) is 8.64. The van der Waals surface area contributed by atoms with Gasteiger partial charge in [-0.15, -0.1) is 16.8 Å². The maximum absolute atomic E-state index is 11.7. The molecule has 0 spiro atoms. The Labute approximate surface area is 162 Å². The van der Waals surface area contributed by atoms with Crippen LogP contribution < -0.4 is 4.74 Å². The lowest BCUT2D eigenvalue weighted by molar-refractivity contribution is 0.101. The van der Waals surface area contributed by atoms with Crippen LogP contribution in [0.1, 0.15) is 22.8 Å². The van der Waals surface area contributed by atoms with Crippen LogP contribution in [-0.2, 0) is 12.3 Å². The van der Waals surface area contributed by atoms with Crippen LogP contribution in [0.25, 0.3) is 11.4 Å². The Morgan fingerprint density at radius 2 is 2.04 bits per heavy atom. The zero-order valence-corrected chi connectivity index (χ0v) is 16.1. The number of benzene rings is 1. The predicted octanol–water partition coefficient (Wildman–Crippen LogP) is 4.03. The summed E-state index contributed by atoms with van der Waals surface area (Å²) in [6.07, 6.45) is 5.27. The van der Waals surface area contributed by atoms with Crippen LogP contribution in [-0.4, -0.2) is 32.6 Å². The van der Waals surface area contributed by atoms with Gasteiger partial charge in [0.2, 0.25) is 0 Å². The first-order chi connectivity index (χ1) is 13.1. The van der Waals surface area contributed by atoms with E-state index in [1.165, 1.54) is 0 Å². The molecule has 3 rings (SSSR count). The number of carbonyl (C=O) groups excluding carboxylic acids is 1. The minimum absolute atomic E-state index is 0.0266. The zero-order chi connectivity index (χ0) is 19.2. The molecule has 2 aromatic heterocycles. The minimum Gasteiger partial charge on any atom is -0.496 e. The molecule has 138 valence electrons. The molecule has 27 heavy (non-hydrogen) atoms. The Kier molecular flexibility index (Phi) is 6.03. The SMILES string of the molecule is C=CCn1c(SCc2cc(C(C)=O)ccc2OC)nnc1-c1ccncc1. The van der Waals surface area contributed by atoms with Gasteiger partial charge in [-0.25, -0.2) is 0 Å². The highest BCUT2D eigenvalue weighted by molar-refractivity contribution is 7.98. The van der Waals surface area contributed by atoms with Crippen molar-refractivity contribution in [1.82, 2.24) is 19.7 Å². The van der Waals surface area contributed by atoms with E-state index in [9.17, 15) is 4.79 Å². The number of hydrogen-bond acceptors (Lipinski definition) is 6. The average molecular weight is 380 g/mol. The smallest absolute Gasteiger partial charge is 0.192 e. The van der Waals surface area contributed by atoms with Gasteiger partial charge in [-0.2, -0.15) is 0 Å². The summed E-state index contributed by atoms with van der Waals surface area (Å²) in [4.78, 5) is 15.7. The van der Waals surface area contributed by atoms with Crippen molar-refractivity contribution in [2.75, 3.05) is 7.11 Å². The summed E-state index contributed by atoms with van der Waals surface area (Å²) in [6, 6.07) is 9.27. The molecule has 0 saturated heterocycles. The molecule has 3 aromatic rings. The fraction of sp³-hybridized carbons (Fsp3) is 0.200. The number of ketones is 1. The lowest BCUT2D eigenvalue weighted by atomic mass is 10.1. The fourth-order valence-electron chi connectivity index (χ4n) is 2.66. The molecule has 0 aliphatic heterocycles. The predicted molar refractivity (Wildman–Crippen MR) is 106 cm³/mol. The van der Waals surface area contributed by atoms with Crippen LogP contribution in [0.5, 0.6) is 5.75 Å². The van der Waals surface area contributed by atoms with Crippen LogP contribution in [0.15, 0.2) is 60.5 Å². The van der Waals surface area contributed by atoms with Crippen molar-refractivity contribution >= 4 is 17.5 Å². The van der Waals surface area contributed by atoms with Gasteiger partial charge >= 0.3 is 0 Å². The molecule has 0 aliphatic carbocycles. The van der Waals surface area contributed by atoms with Crippen molar-refractivity contribution in [3.05, 3.63) is 66.5 Å². The van der Waals surface area contributed by atoms with E-state index in [-0.39, 0.29) is 5.78 Å². The molecule has 1 aromatic carbocycles. The summed E-state index contributed by atoms with van der Waals surface area (Å²) >= 11 is 1.54. The first-order valence-corrected chi connectivity index (χ1v) is 9.37. The number of thioether (sulfide) groups is 1. The van der Waals surface area contributed by atoms with Gasteiger partial charge in [-0.1, -0.05) is 17.8 Å². The average Bonchev–Trinajstić information content (AvgIpc) is 3.09. The highest BCUT2D eigenvalue weighted by Crippen LogP contribution is 2.30. The van der Waals surface area contributed by atoms with E-state index in [1.54, 1.807) is 44.3 Å². The largest absolute Gasteiger partial charge is 0.496 e. The first-order valence-electron chi connectivity index (χ1n) is 8.39. The van der Waals surface area contributed by atoms with Crippen LogP contribution in [0, 0.1) is 0 Å². The Morgan fingerprint density at radius 1 is 1.26 bits per heavy atom. The number of carbonyl (C=O) groups is 1. The molecule has 0 bridgehead atoms. The Balaban J connectivity index is 1.88. The summed E-state index contributed by atoms with van der Waals surface area (Å²) in [7, 11) is 1.62. The molecule has 0 unspecified atom stereocenters. The molecular weight excluding hydrogens is 360 g/mol. The summed E-state index contributed by atoms with van der Waals surface area (Å²) in [5, 5.41) is 9.45. The zero-order valence-electron chi connectivity index (χ0n) is 15.3. The lowest BCUT2D eigenvalue weighted by Gasteiger charge is -2.11. The summed E-state index contributed by atoms with van der Waals surface area (Å²) in [5.41, 5.74) is 2.55. The number of rotatable bonds is 8. The minimum atomic E-state index is 0.0266. The van der Waals surface area contributed by atoms with E-state index in [2.05, 4.69) is 21.8 Å². The van der Waals surface area contributed by atoms with Crippen molar-refractivity contribution in [2.24, 2.45) is 0 Å². The number of allylic oxidation sites excluding steroid dienone is 1. The van der Waals surface area contributed by atoms with Crippen LogP contribution in [0.4, 0.5) is 0 Å². The van der Waals surface area contributed by atoms with E-state index in [1.807, 2.05) is 34.9 Å². The van der Waals surface area contributed by atoms with Gasteiger partial charge in [0.1, 0.15) is 5.75 Å². The first kappa shape index (κ1) is 18.8. The molecular formula is C20H20N4O2S. The van der Waals surface area contributed by atoms with Crippen LogP contribution >= 0.6 is 11.8 Å². The fourth-order valence-corrected chi connectivity index (χ4v) is 3.58. The molecule has 7 heteroatoms. The van der Waals surface area contributed by atoms with Crippen molar-refractivity contribution in [3.63, 3.8) is 0 Å². The maximum atomic E-state index is 11.7. The number of ether oxygens (including phenoxy) is 1. The lowest BCUT2D eigenvalue weighted by Crippen LogP contribution is -2.01. The monoisotopic (exact) mass is 380 g/mol. The van der Waals surface area contributed by atoms with Gasteiger partial charge in [0.05, 0.1) is 7.11 Å². The van der Waals surface area contributed by atoms with Gasteiger partial charge in [-0.05, 0) is 37.3 Å². The molecule has 0 aliphatic rings. The second-order valence-electron chi connectivity index (χ2n) is 5.81. The topological polar surface area (TPSA) is 69.9 Å². The standard InChI is InChI=1S/C20H20N4O2S/c1-4-11-24-19(15-7-9-21-10-8-15)22-23-20(24)27-13-17-12-16(14(2)25)5-6-18(17)26-3/h4-10,12H,1,11,13H2,2-3H3. The molecule has 0 atom stereocenters. The van der Waals surface area contributed by atoms with Gasteiger partial charge < -0.3 is 4.74 Å². The normalized spacial score (nSPS) is 10.6. The number of nitrogens with zero attached hydrogens (tertiary/aromatic N) is 4. The molecule has 0 amide bonds. The number of methoxy groups -OCH3 is 1. The van der Waals surface area contributed by atoms with Crippen molar-refractivity contribution in [3.8, 4) is 17.1 Å². The number of hydrogen-bond donors (Lipinski definition) is 0. The molecule has 0 N–H and O–H groups in total. The molecule has 2 heterocycles. The maximum Gasteiger partial charge on any atom is 0.192 e. The summed E-state index contributed by atoms with van der Waals surface area (Å²) in [6.45, 7) is 5.98. The third kappa shape index (κ3) is 4.25. The third-order valence-corrected chi connectivity index (χ3v) is 5.03. The quantitative estimate of drug-likeness (QED) is 0.334. The molecule has 0 radical (unpaired) electrons. The molecule has 6 nitrogen and oxygen atoms in total. The van der Waals surface area contributed by atoms with Crippen LogP contribution in [0.2, 0.25) is 0 Å². The molecule has 0 saturated carbocycles. The van der Waals surface area contributed by atoms with Gasteiger partial charge in [-0.3, -0.25) is 14.3 Å².